The maximum Gasteiger partial charge on any atom is 0.270 e. The Hall–Kier alpha value is -4.26. The number of benzene rings is 3. The van der Waals surface area contributed by atoms with Gasteiger partial charge in [-0.3, -0.25) is 14.9 Å². The number of fused-ring (bicyclic) bond motifs is 1. The summed E-state index contributed by atoms with van der Waals surface area (Å²) in [6, 6.07) is 19.0. The molecule has 148 valence electrons. The zero-order valence-electron chi connectivity index (χ0n) is 16.0. The number of nitrogens with one attached hydrogen (secondary N) is 1. The summed E-state index contributed by atoms with van der Waals surface area (Å²) in [5.74, 6) is 0.172. The normalized spacial score (nSPS) is 11.1. The number of carbonyl (C=O) groups is 1. The van der Waals surface area contributed by atoms with Gasteiger partial charge in [0.25, 0.3) is 5.69 Å². The van der Waals surface area contributed by atoms with Gasteiger partial charge in [-0.1, -0.05) is 18.2 Å². The van der Waals surface area contributed by atoms with E-state index in [0.29, 0.717) is 17.1 Å². The highest BCUT2D eigenvalue weighted by Crippen LogP contribution is 2.26. The van der Waals surface area contributed by atoms with Gasteiger partial charge in [-0.25, -0.2) is 4.98 Å². The Morgan fingerprint density at radius 3 is 2.67 bits per heavy atom. The summed E-state index contributed by atoms with van der Waals surface area (Å²) in [7, 11) is 0. The number of nitrogens with zero attached hydrogens (tertiary/aromatic N) is 2. The zero-order valence-corrected chi connectivity index (χ0v) is 16.0. The molecule has 0 spiro atoms. The number of oxazole rings is 1. The van der Waals surface area contributed by atoms with Gasteiger partial charge in [0.15, 0.2) is 5.58 Å². The predicted molar refractivity (Wildman–Crippen MR) is 115 cm³/mol. The van der Waals surface area contributed by atoms with Crippen LogP contribution in [0.25, 0.3) is 28.6 Å². The summed E-state index contributed by atoms with van der Waals surface area (Å²) >= 11 is 0. The molecular weight excluding hydrogens is 382 g/mol. The molecule has 1 aromatic heterocycles. The molecule has 0 saturated heterocycles. The summed E-state index contributed by atoms with van der Waals surface area (Å²) in [5, 5.41) is 13.6. The van der Waals surface area contributed by atoms with Crippen molar-refractivity contribution in [3.8, 4) is 11.5 Å². The van der Waals surface area contributed by atoms with E-state index in [1.54, 1.807) is 24.3 Å². The fourth-order valence-corrected chi connectivity index (χ4v) is 2.95. The molecule has 4 rings (SSSR count). The first kappa shape index (κ1) is 19.1. The van der Waals surface area contributed by atoms with Gasteiger partial charge in [-0.05, 0) is 60.5 Å². The van der Waals surface area contributed by atoms with Gasteiger partial charge in [0.05, 0.1) is 4.92 Å². The maximum atomic E-state index is 12.1. The minimum absolute atomic E-state index is 0.0255. The number of aryl methyl sites for hydroxylation is 1. The molecule has 0 aliphatic rings. The second-order valence-corrected chi connectivity index (χ2v) is 6.74. The lowest BCUT2D eigenvalue weighted by Gasteiger charge is -2.03. The average molecular weight is 399 g/mol. The van der Waals surface area contributed by atoms with Crippen LogP contribution in [0.4, 0.5) is 11.4 Å². The van der Waals surface area contributed by atoms with E-state index in [-0.39, 0.29) is 11.6 Å². The second kappa shape index (κ2) is 8.00. The van der Waals surface area contributed by atoms with E-state index in [4.69, 9.17) is 4.42 Å². The Morgan fingerprint density at radius 1 is 1.10 bits per heavy atom. The van der Waals surface area contributed by atoms with Crippen LogP contribution >= 0.6 is 0 Å². The van der Waals surface area contributed by atoms with Crippen LogP contribution in [-0.4, -0.2) is 15.8 Å². The number of carbonyl (C=O) groups excluding carboxylic acids is 1. The molecule has 3 aromatic carbocycles. The predicted octanol–water partition coefficient (Wildman–Crippen LogP) is 5.36. The van der Waals surface area contributed by atoms with Crippen LogP contribution in [0.15, 0.2) is 77.2 Å². The first-order valence-electron chi connectivity index (χ1n) is 9.19. The summed E-state index contributed by atoms with van der Waals surface area (Å²) in [4.78, 5) is 27.0. The standard InChI is InChI=1S/C23H17N3O4/c1-15-5-11-21-20(13-15)25-23(30-21)17-7-9-18(10-8-17)24-22(27)12-6-16-3-2-4-19(14-16)26(28)29/h2-14H,1H3,(H,24,27)/b12-6+. The highest BCUT2D eigenvalue weighted by molar-refractivity contribution is 6.02. The Bertz CT molecular complexity index is 1270. The van der Waals surface area contributed by atoms with Crippen LogP contribution < -0.4 is 5.32 Å². The topological polar surface area (TPSA) is 98.3 Å². The van der Waals surface area contributed by atoms with Crippen LogP contribution in [0.1, 0.15) is 11.1 Å². The SMILES string of the molecule is Cc1ccc2oc(-c3ccc(NC(=O)/C=C/c4cccc([N+](=O)[O-])c4)cc3)nc2c1. The first-order chi connectivity index (χ1) is 14.5. The monoisotopic (exact) mass is 399 g/mol. The molecule has 1 amide bonds. The fraction of sp³-hybridized carbons (Fsp3) is 0.0435. The maximum absolute atomic E-state index is 12.1. The Balaban J connectivity index is 1.44. The van der Waals surface area contributed by atoms with E-state index in [9.17, 15) is 14.9 Å². The van der Waals surface area contributed by atoms with Crippen LogP contribution in [-0.2, 0) is 4.79 Å². The first-order valence-corrected chi connectivity index (χ1v) is 9.19. The number of aromatic nitrogens is 1. The lowest BCUT2D eigenvalue weighted by Crippen LogP contribution is -2.07. The number of hydrogen-bond acceptors (Lipinski definition) is 5. The molecule has 1 heterocycles. The molecular formula is C23H17N3O4. The number of hydrogen-bond donors (Lipinski definition) is 1. The quantitative estimate of drug-likeness (QED) is 0.277. The lowest BCUT2D eigenvalue weighted by molar-refractivity contribution is -0.384. The van der Waals surface area contributed by atoms with Crippen LogP contribution in [0.2, 0.25) is 0 Å². The molecule has 0 bridgehead atoms. The number of rotatable bonds is 5. The third-order valence-corrected chi connectivity index (χ3v) is 4.45. The number of amides is 1. The second-order valence-electron chi connectivity index (χ2n) is 6.74. The summed E-state index contributed by atoms with van der Waals surface area (Å²) < 4.78 is 5.79. The molecule has 30 heavy (non-hydrogen) atoms. The van der Waals surface area contributed by atoms with E-state index < -0.39 is 4.92 Å². The minimum Gasteiger partial charge on any atom is -0.436 e. The van der Waals surface area contributed by atoms with Crippen molar-refractivity contribution in [3.05, 3.63) is 94.0 Å². The van der Waals surface area contributed by atoms with E-state index in [1.165, 1.54) is 24.3 Å². The van der Waals surface area contributed by atoms with Gasteiger partial charge in [0.2, 0.25) is 11.8 Å². The van der Waals surface area contributed by atoms with Gasteiger partial charge >= 0.3 is 0 Å². The summed E-state index contributed by atoms with van der Waals surface area (Å²) in [6.07, 6.45) is 2.85. The van der Waals surface area contributed by atoms with Crippen molar-refractivity contribution in [1.29, 1.82) is 0 Å². The smallest absolute Gasteiger partial charge is 0.270 e. The van der Waals surface area contributed by atoms with Crippen LogP contribution in [0.5, 0.6) is 0 Å². The van der Waals surface area contributed by atoms with Gasteiger partial charge in [-0.15, -0.1) is 0 Å². The number of nitro benzene ring substituents is 1. The van der Waals surface area contributed by atoms with E-state index in [1.807, 2.05) is 37.3 Å². The Morgan fingerprint density at radius 2 is 1.90 bits per heavy atom. The molecule has 0 fully saturated rings. The summed E-state index contributed by atoms with van der Waals surface area (Å²) in [6.45, 7) is 2.00. The van der Waals surface area contributed by atoms with Gasteiger partial charge < -0.3 is 9.73 Å². The van der Waals surface area contributed by atoms with Crippen molar-refractivity contribution in [2.75, 3.05) is 5.32 Å². The van der Waals surface area contributed by atoms with Crippen molar-refractivity contribution in [2.45, 2.75) is 6.92 Å². The number of nitro groups is 1. The highest BCUT2D eigenvalue weighted by Gasteiger charge is 2.09. The van der Waals surface area contributed by atoms with Crippen molar-refractivity contribution < 1.29 is 14.1 Å². The number of anilines is 1. The van der Waals surface area contributed by atoms with E-state index >= 15 is 0 Å². The molecule has 0 saturated carbocycles. The van der Waals surface area contributed by atoms with E-state index in [2.05, 4.69) is 10.3 Å². The molecule has 0 atom stereocenters. The van der Waals surface area contributed by atoms with Gasteiger partial charge in [0.1, 0.15) is 5.52 Å². The zero-order chi connectivity index (χ0) is 21.1. The molecule has 7 nitrogen and oxygen atoms in total. The van der Waals surface area contributed by atoms with Gasteiger partial charge in [0, 0.05) is 29.5 Å². The summed E-state index contributed by atoms with van der Waals surface area (Å²) in [5.41, 5.74) is 4.59. The number of non-ortho nitro benzene ring substituents is 1. The van der Waals surface area contributed by atoms with E-state index in [0.717, 1.165) is 22.2 Å². The third kappa shape index (κ3) is 4.25. The minimum atomic E-state index is -0.475. The van der Waals surface area contributed by atoms with Crippen molar-refractivity contribution in [2.24, 2.45) is 0 Å². The van der Waals surface area contributed by atoms with Gasteiger partial charge in [-0.2, -0.15) is 0 Å². The molecule has 7 heteroatoms. The molecule has 0 unspecified atom stereocenters. The Labute approximate surface area is 171 Å². The van der Waals surface area contributed by atoms with Crippen molar-refractivity contribution in [3.63, 3.8) is 0 Å². The molecule has 0 radical (unpaired) electrons. The fourth-order valence-electron chi connectivity index (χ4n) is 2.95. The van der Waals surface area contributed by atoms with Crippen LogP contribution in [0, 0.1) is 17.0 Å². The van der Waals surface area contributed by atoms with Crippen molar-refractivity contribution >= 4 is 34.5 Å². The lowest BCUT2D eigenvalue weighted by atomic mass is 10.2. The third-order valence-electron chi connectivity index (χ3n) is 4.45. The molecule has 0 aliphatic carbocycles. The van der Waals surface area contributed by atoms with Crippen molar-refractivity contribution in [1.82, 2.24) is 4.98 Å². The highest BCUT2D eigenvalue weighted by atomic mass is 16.6. The average Bonchev–Trinajstić information content (AvgIpc) is 3.16. The molecule has 1 N–H and O–H groups in total. The molecule has 0 aliphatic heterocycles. The van der Waals surface area contributed by atoms with Crippen LogP contribution in [0.3, 0.4) is 0 Å². The largest absolute Gasteiger partial charge is 0.436 e. The molecule has 4 aromatic rings. The Kier molecular flexibility index (Phi) is 5.09.